The van der Waals surface area contributed by atoms with Crippen LogP contribution in [0.2, 0.25) is 0 Å². The topological polar surface area (TPSA) is 99.1 Å². The van der Waals surface area contributed by atoms with Crippen LogP contribution in [-0.4, -0.2) is 80.6 Å². The fourth-order valence-electron chi connectivity index (χ4n) is 4.42. The van der Waals surface area contributed by atoms with Gasteiger partial charge in [-0.3, -0.25) is 9.59 Å². The number of carbonyl (C=O) groups excluding carboxylic acids is 2. The van der Waals surface area contributed by atoms with Gasteiger partial charge < -0.3 is 23.8 Å². The first kappa shape index (κ1) is 43.8. The number of carbonyl (C=O) groups is 3. The lowest BCUT2D eigenvalue weighted by Gasteiger charge is -2.31. The largest absolute Gasteiger partial charge is 0.477 e. The van der Waals surface area contributed by atoms with Crippen LogP contribution in [0.4, 0.5) is 0 Å². The van der Waals surface area contributed by atoms with Crippen LogP contribution in [0, 0.1) is 0 Å². The van der Waals surface area contributed by atoms with Gasteiger partial charge in [0.15, 0.2) is 12.1 Å². The number of rotatable bonds is 29. The van der Waals surface area contributed by atoms with Gasteiger partial charge in [-0.2, -0.15) is 0 Å². The van der Waals surface area contributed by atoms with E-state index in [0.717, 1.165) is 57.8 Å². The third kappa shape index (κ3) is 28.7. The Bertz CT molecular complexity index is 1000. The Hall–Kier alpha value is -3.23. The Balaban J connectivity index is 4.63. The van der Waals surface area contributed by atoms with Gasteiger partial charge in [0, 0.05) is 19.3 Å². The predicted octanol–water partition coefficient (Wildman–Crippen LogP) is 8.46. The monoisotopic (exact) mass is 658 g/mol. The number of carboxylic acid groups (broad SMARTS) is 1. The molecule has 2 unspecified atom stereocenters. The molecule has 0 fully saturated rings. The number of quaternary nitrogens is 1. The van der Waals surface area contributed by atoms with Crippen LogP contribution in [0.15, 0.2) is 72.9 Å². The van der Waals surface area contributed by atoms with Crippen LogP contribution in [0.3, 0.4) is 0 Å². The van der Waals surface area contributed by atoms with E-state index in [1.165, 1.54) is 0 Å². The van der Waals surface area contributed by atoms with Gasteiger partial charge in [0.1, 0.15) is 6.61 Å². The molecule has 0 saturated heterocycles. The van der Waals surface area contributed by atoms with E-state index < -0.39 is 18.1 Å². The number of hydrogen-bond acceptors (Lipinski definition) is 6. The zero-order valence-electron chi connectivity index (χ0n) is 29.9. The summed E-state index contributed by atoms with van der Waals surface area (Å²) in [4.78, 5) is 36.6. The molecule has 0 heterocycles. The summed E-state index contributed by atoms with van der Waals surface area (Å²) in [6.45, 7) is 4.35. The third-order valence-electron chi connectivity index (χ3n) is 7.10. The van der Waals surface area contributed by atoms with Crippen molar-refractivity contribution in [2.75, 3.05) is 41.0 Å². The van der Waals surface area contributed by atoms with Crippen molar-refractivity contribution in [1.82, 2.24) is 0 Å². The molecule has 0 aromatic rings. The standard InChI is InChI=1S/C39H63NO7/c1-6-8-10-12-14-16-18-20-22-24-26-28-30-38(42)47-35(33-45-32-31-36(39(43)44)40(3,4)5)34-46-37(41)29-27-25-23-21-19-17-15-13-11-9-7-2/h8-11,14-17,20-23,35-36H,6-7,12-13,18-19,24-34H2,1-5H3/p+1/b10-8+,11-9+,16-14+,17-15+,22-20+,23-21+. The lowest BCUT2D eigenvalue weighted by atomic mass is 10.1. The third-order valence-corrected chi connectivity index (χ3v) is 7.10. The van der Waals surface area contributed by atoms with Crippen LogP contribution in [0.25, 0.3) is 0 Å². The van der Waals surface area contributed by atoms with Gasteiger partial charge in [-0.1, -0.05) is 86.8 Å². The van der Waals surface area contributed by atoms with Crippen molar-refractivity contribution in [3.8, 4) is 0 Å². The Kier molecular flexibility index (Phi) is 28.1. The number of esters is 2. The van der Waals surface area contributed by atoms with Crippen molar-refractivity contribution in [3.05, 3.63) is 72.9 Å². The van der Waals surface area contributed by atoms with E-state index in [0.29, 0.717) is 19.3 Å². The first-order valence-corrected chi connectivity index (χ1v) is 17.5. The maximum absolute atomic E-state index is 12.6. The number of aliphatic carboxylic acids is 1. The number of allylic oxidation sites excluding steroid dienone is 12. The molecule has 0 rings (SSSR count). The van der Waals surface area contributed by atoms with Crippen molar-refractivity contribution >= 4 is 17.9 Å². The highest BCUT2D eigenvalue weighted by Gasteiger charge is 2.31. The minimum atomic E-state index is -0.893. The Labute approximate surface area is 285 Å². The first-order chi connectivity index (χ1) is 22.6. The number of unbranched alkanes of at least 4 members (excludes halogenated alkanes) is 3. The normalized spacial score (nSPS) is 14.0. The van der Waals surface area contributed by atoms with Crippen LogP contribution < -0.4 is 0 Å². The molecule has 2 atom stereocenters. The molecule has 0 aliphatic carbocycles. The Morgan fingerprint density at radius 2 is 1.13 bits per heavy atom. The fraction of sp³-hybridized carbons (Fsp3) is 0.615. The zero-order valence-corrected chi connectivity index (χ0v) is 29.9. The average molecular weight is 659 g/mol. The number of nitrogens with zero attached hydrogens (tertiary/aromatic N) is 1. The van der Waals surface area contributed by atoms with Crippen LogP contribution in [-0.2, 0) is 28.6 Å². The molecule has 1 N–H and O–H groups in total. The maximum atomic E-state index is 12.6. The van der Waals surface area contributed by atoms with Crippen LogP contribution in [0.1, 0.15) is 104 Å². The van der Waals surface area contributed by atoms with Gasteiger partial charge in [-0.15, -0.1) is 0 Å². The van der Waals surface area contributed by atoms with E-state index in [4.69, 9.17) is 14.2 Å². The van der Waals surface area contributed by atoms with Gasteiger partial charge >= 0.3 is 17.9 Å². The lowest BCUT2D eigenvalue weighted by molar-refractivity contribution is -0.887. The molecular weight excluding hydrogens is 594 g/mol. The lowest BCUT2D eigenvalue weighted by Crippen LogP contribution is -2.50. The second-order valence-electron chi connectivity index (χ2n) is 12.4. The number of carboxylic acids is 1. The highest BCUT2D eigenvalue weighted by atomic mass is 16.6. The molecule has 0 aromatic heterocycles. The molecule has 266 valence electrons. The van der Waals surface area contributed by atoms with Gasteiger partial charge in [0.2, 0.25) is 0 Å². The summed E-state index contributed by atoms with van der Waals surface area (Å²) in [5.41, 5.74) is 0. The highest BCUT2D eigenvalue weighted by Crippen LogP contribution is 2.10. The Morgan fingerprint density at radius 3 is 1.64 bits per heavy atom. The molecule has 0 amide bonds. The summed E-state index contributed by atoms with van der Waals surface area (Å²) in [5.74, 6) is -1.61. The molecule has 0 aromatic carbocycles. The molecule has 0 aliphatic heterocycles. The number of likely N-dealkylation sites (N-methyl/N-ethyl adjacent to an activating group) is 1. The van der Waals surface area contributed by atoms with E-state index in [1.54, 1.807) is 0 Å². The predicted molar refractivity (Wildman–Crippen MR) is 192 cm³/mol. The van der Waals surface area contributed by atoms with E-state index in [-0.39, 0.29) is 49.1 Å². The summed E-state index contributed by atoms with van der Waals surface area (Å²) >= 11 is 0. The minimum absolute atomic E-state index is 0.0253. The molecule has 8 nitrogen and oxygen atoms in total. The van der Waals surface area contributed by atoms with Crippen LogP contribution >= 0.6 is 0 Å². The highest BCUT2D eigenvalue weighted by molar-refractivity contribution is 5.72. The van der Waals surface area contributed by atoms with Crippen molar-refractivity contribution in [2.45, 2.75) is 116 Å². The van der Waals surface area contributed by atoms with Gasteiger partial charge in [0.05, 0.1) is 34.4 Å². The summed E-state index contributed by atoms with van der Waals surface area (Å²) in [7, 11) is 5.47. The quantitative estimate of drug-likeness (QED) is 0.0373. The smallest absolute Gasteiger partial charge is 0.362 e. The minimum Gasteiger partial charge on any atom is -0.477 e. The maximum Gasteiger partial charge on any atom is 0.362 e. The van der Waals surface area contributed by atoms with Crippen LogP contribution in [0.5, 0.6) is 0 Å². The summed E-state index contributed by atoms with van der Waals surface area (Å²) in [6.07, 6.45) is 35.4. The molecule has 0 saturated carbocycles. The van der Waals surface area contributed by atoms with Gasteiger partial charge in [0.25, 0.3) is 0 Å². The molecule has 8 heteroatoms. The Morgan fingerprint density at radius 1 is 0.638 bits per heavy atom. The average Bonchev–Trinajstić information content (AvgIpc) is 3.01. The molecule has 0 aliphatic rings. The van der Waals surface area contributed by atoms with Crippen molar-refractivity contribution < 1.29 is 38.2 Å². The van der Waals surface area contributed by atoms with E-state index in [2.05, 4.69) is 86.8 Å². The van der Waals surface area contributed by atoms with Gasteiger partial charge in [-0.25, -0.2) is 4.79 Å². The summed E-state index contributed by atoms with van der Waals surface area (Å²) in [5, 5.41) is 9.55. The van der Waals surface area contributed by atoms with Crippen molar-refractivity contribution in [3.63, 3.8) is 0 Å². The molecular formula is C39H64NO7+. The van der Waals surface area contributed by atoms with Crippen molar-refractivity contribution in [2.24, 2.45) is 0 Å². The zero-order chi connectivity index (χ0) is 35.0. The number of ether oxygens (including phenoxy) is 3. The van der Waals surface area contributed by atoms with Gasteiger partial charge in [-0.05, 0) is 70.6 Å². The van der Waals surface area contributed by atoms with E-state index in [9.17, 15) is 19.5 Å². The first-order valence-electron chi connectivity index (χ1n) is 17.5. The fourth-order valence-corrected chi connectivity index (χ4v) is 4.42. The molecule has 47 heavy (non-hydrogen) atoms. The molecule has 0 bridgehead atoms. The second-order valence-corrected chi connectivity index (χ2v) is 12.4. The SMILES string of the molecule is CC/C=C/C/C=C/C/C=C/CCCCC(=O)OC(COCCC(C(=O)O)[N+](C)(C)C)COC(=O)CCC/C=C/C/C=C/C/C=C/CC. The summed E-state index contributed by atoms with van der Waals surface area (Å²) < 4.78 is 17.0. The van der Waals surface area contributed by atoms with Crippen molar-refractivity contribution in [1.29, 1.82) is 0 Å². The van der Waals surface area contributed by atoms with E-state index >= 15 is 0 Å². The summed E-state index contributed by atoms with van der Waals surface area (Å²) in [6, 6.07) is -0.630. The molecule has 0 spiro atoms. The molecule has 0 radical (unpaired) electrons. The number of hydrogen-bond donors (Lipinski definition) is 1. The van der Waals surface area contributed by atoms with E-state index in [1.807, 2.05) is 21.1 Å². The second kappa shape index (κ2) is 30.1.